The smallest absolute Gasteiger partial charge is 0.234 e. The van der Waals surface area contributed by atoms with Crippen molar-refractivity contribution in [1.82, 2.24) is 9.55 Å². The summed E-state index contributed by atoms with van der Waals surface area (Å²) in [6.07, 6.45) is 3.69. The van der Waals surface area contributed by atoms with Gasteiger partial charge in [-0.25, -0.2) is 4.98 Å². The van der Waals surface area contributed by atoms with E-state index in [2.05, 4.69) is 42.3 Å². The number of hydrogen-bond acceptors (Lipinski definition) is 3. The molecule has 4 nitrogen and oxygen atoms in total. The van der Waals surface area contributed by atoms with Crippen molar-refractivity contribution in [3.8, 4) is 5.69 Å². The van der Waals surface area contributed by atoms with Gasteiger partial charge in [0.25, 0.3) is 0 Å². The zero-order valence-corrected chi connectivity index (χ0v) is 16.4. The maximum Gasteiger partial charge on any atom is 0.234 e. The Bertz CT molecular complexity index is 946. The topological polar surface area (TPSA) is 46.9 Å². The van der Waals surface area contributed by atoms with Gasteiger partial charge in [-0.2, -0.15) is 0 Å². The van der Waals surface area contributed by atoms with Crippen molar-refractivity contribution in [1.29, 1.82) is 0 Å². The van der Waals surface area contributed by atoms with Crippen LogP contribution in [-0.2, 0) is 4.79 Å². The summed E-state index contributed by atoms with van der Waals surface area (Å²) in [5.41, 5.74) is 6.61. The van der Waals surface area contributed by atoms with Crippen LogP contribution in [0.15, 0.2) is 53.9 Å². The molecule has 0 unspecified atom stereocenters. The molecule has 1 aromatic heterocycles. The number of carbonyl (C=O) groups excluding carboxylic acids is 1. The van der Waals surface area contributed by atoms with Gasteiger partial charge in [-0.1, -0.05) is 30.0 Å². The predicted molar refractivity (Wildman–Crippen MR) is 108 cm³/mol. The number of aryl methyl sites for hydroxylation is 4. The lowest BCUT2D eigenvalue weighted by atomic mass is 10.1. The van der Waals surface area contributed by atoms with Gasteiger partial charge in [0.2, 0.25) is 5.91 Å². The molecular weight excluding hydrogens is 342 g/mol. The van der Waals surface area contributed by atoms with Crippen LogP contribution in [0.2, 0.25) is 0 Å². The van der Waals surface area contributed by atoms with Crippen LogP contribution in [0.5, 0.6) is 0 Å². The average Bonchev–Trinajstić information content (AvgIpc) is 3.07. The molecule has 3 aromatic rings. The van der Waals surface area contributed by atoms with Crippen molar-refractivity contribution < 1.29 is 4.79 Å². The van der Waals surface area contributed by atoms with Crippen LogP contribution >= 0.6 is 11.8 Å². The lowest BCUT2D eigenvalue weighted by Crippen LogP contribution is -2.15. The average molecular weight is 366 g/mol. The number of nitrogens with zero attached hydrogens (tertiary/aromatic N) is 2. The van der Waals surface area contributed by atoms with Crippen LogP contribution in [0.3, 0.4) is 0 Å². The highest BCUT2D eigenvalue weighted by Gasteiger charge is 2.11. The first-order valence-corrected chi connectivity index (χ1v) is 9.53. The number of thioether (sulfide) groups is 1. The second-order valence-electron chi connectivity index (χ2n) is 6.50. The van der Waals surface area contributed by atoms with Gasteiger partial charge in [0.15, 0.2) is 5.16 Å². The lowest BCUT2D eigenvalue weighted by molar-refractivity contribution is -0.113. The van der Waals surface area contributed by atoms with Gasteiger partial charge < -0.3 is 5.32 Å². The molecule has 0 aliphatic heterocycles. The summed E-state index contributed by atoms with van der Waals surface area (Å²) in [5, 5.41) is 3.80. The monoisotopic (exact) mass is 365 g/mol. The number of carbonyl (C=O) groups is 1. The minimum Gasteiger partial charge on any atom is -0.325 e. The summed E-state index contributed by atoms with van der Waals surface area (Å²) in [5.74, 6) is 0.285. The van der Waals surface area contributed by atoms with E-state index < -0.39 is 0 Å². The first kappa shape index (κ1) is 18.3. The molecule has 0 aliphatic carbocycles. The summed E-state index contributed by atoms with van der Waals surface area (Å²) in [4.78, 5) is 16.8. The van der Waals surface area contributed by atoms with Crippen LogP contribution < -0.4 is 5.32 Å². The van der Waals surface area contributed by atoms with Gasteiger partial charge in [0.1, 0.15) is 0 Å². The van der Waals surface area contributed by atoms with E-state index in [0.29, 0.717) is 5.75 Å². The highest BCUT2D eigenvalue weighted by molar-refractivity contribution is 7.99. The molecule has 2 aromatic carbocycles. The highest BCUT2D eigenvalue weighted by Crippen LogP contribution is 2.23. The summed E-state index contributed by atoms with van der Waals surface area (Å²) in [6, 6.07) is 12.4. The van der Waals surface area contributed by atoms with Crippen molar-refractivity contribution in [3.63, 3.8) is 0 Å². The number of anilines is 1. The van der Waals surface area contributed by atoms with E-state index in [0.717, 1.165) is 27.7 Å². The predicted octanol–water partition coefficient (Wildman–Crippen LogP) is 4.84. The minimum absolute atomic E-state index is 0.0293. The summed E-state index contributed by atoms with van der Waals surface area (Å²) >= 11 is 1.44. The summed E-state index contributed by atoms with van der Waals surface area (Å²) < 4.78 is 2.02. The molecule has 134 valence electrons. The molecule has 3 rings (SSSR count). The second-order valence-corrected chi connectivity index (χ2v) is 7.45. The Hall–Kier alpha value is -2.53. The number of nitrogens with one attached hydrogen (secondary N) is 1. The number of aromatic nitrogens is 2. The minimum atomic E-state index is -0.0293. The van der Waals surface area contributed by atoms with Gasteiger partial charge in [0, 0.05) is 23.8 Å². The standard InChI is InChI=1S/C21H23N3OS/c1-14-5-6-16(3)19(11-14)23-20(25)13-26-21-22-9-10-24(21)18-8-7-15(2)17(4)12-18/h5-12H,13H2,1-4H3,(H,23,25). The van der Waals surface area contributed by atoms with Gasteiger partial charge in [-0.3, -0.25) is 9.36 Å². The number of imidazole rings is 1. The molecule has 26 heavy (non-hydrogen) atoms. The highest BCUT2D eigenvalue weighted by atomic mass is 32.2. The molecule has 0 atom stereocenters. The first-order chi connectivity index (χ1) is 12.4. The quantitative estimate of drug-likeness (QED) is 0.658. The van der Waals surface area contributed by atoms with Crippen LogP contribution in [0, 0.1) is 27.7 Å². The third-order valence-corrected chi connectivity index (χ3v) is 5.34. The molecule has 1 amide bonds. The van der Waals surface area contributed by atoms with E-state index in [9.17, 15) is 4.79 Å². The largest absolute Gasteiger partial charge is 0.325 e. The molecule has 0 aliphatic rings. The van der Waals surface area contributed by atoms with Crippen molar-refractivity contribution >= 4 is 23.4 Å². The first-order valence-electron chi connectivity index (χ1n) is 8.55. The maximum absolute atomic E-state index is 12.3. The Morgan fingerprint density at radius 3 is 2.58 bits per heavy atom. The molecule has 1 N–H and O–H groups in total. The summed E-state index contributed by atoms with van der Waals surface area (Å²) in [7, 11) is 0. The third kappa shape index (κ3) is 4.17. The molecule has 0 spiro atoms. The number of hydrogen-bond donors (Lipinski definition) is 1. The van der Waals surface area contributed by atoms with Crippen LogP contribution in [0.4, 0.5) is 5.69 Å². The molecule has 0 radical (unpaired) electrons. The van der Waals surface area contributed by atoms with Crippen LogP contribution in [-0.4, -0.2) is 21.2 Å². The van der Waals surface area contributed by atoms with Gasteiger partial charge >= 0.3 is 0 Å². The molecule has 5 heteroatoms. The van der Waals surface area contributed by atoms with Gasteiger partial charge in [0.05, 0.1) is 5.75 Å². The van der Waals surface area contributed by atoms with Crippen LogP contribution in [0.25, 0.3) is 5.69 Å². The Balaban J connectivity index is 1.69. The van der Waals surface area contributed by atoms with E-state index in [1.165, 1.54) is 22.9 Å². The van der Waals surface area contributed by atoms with E-state index in [4.69, 9.17) is 0 Å². The van der Waals surface area contributed by atoms with E-state index >= 15 is 0 Å². The zero-order valence-electron chi connectivity index (χ0n) is 15.5. The SMILES string of the molecule is Cc1ccc(C)c(NC(=O)CSc2nccn2-c2ccc(C)c(C)c2)c1. The number of benzene rings is 2. The fourth-order valence-corrected chi connectivity index (χ4v) is 3.43. The van der Waals surface area contributed by atoms with Crippen molar-refractivity contribution in [2.24, 2.45) is 0 Å². The van der Waals surface area contributed by atoms with E-state index in [-0.39, 0.29) is 5.91 Å². The van der Waals surface area contributed by atoms with Crippen molar-refractivity contribution in [3.05, 3.63) is 71.0 Å². The van der Waals surface area contributed by atoms with Gasteiger partial charge in [-0.15, -0.1) is 0 Å². The fourth-order valence-electron chi connectivity index (χ4n) is 2.66. The van der Waals surface area contributed by atoms with Crippen LogP contribution in [0.1, 0.15) is 22.3 Å². The Morgan fingerprint density at radius 2 is 1.81 bits per heavy atom. The molecule has 0 saturated heterocycles. The fraction of sp³-hybridized carbons (Fsp3) is 0.238. The van der Waals surface area contributed by atoms with Crippen molar-refractivity contribution in [2.75, 3.05) is 11.1 Å². The molecular formula is C21H23N3OS. The second kappa shape index (κ2) is 7.79. The Morgan fingerprint density at radius 1 is 1.04 bits per heavy atom. The molecule has 0 fully saturated rings. The number of amides is 1. The zero-order chi connectivity index (χ0) is 18.7. The molecule has 0 saturated carbocycles. The Labute approximate surface area is 158 Å². The summed E-state index contributed by atoms with van der Waals surface area (Å²) in [6.45, 7) is 8.21. The van der Waals surface area contributed by atoms with E-state index in [1.54, 1.807) is 6.20 Å². The van der Waals surface area contributed by atoms with E-state index in [1.807, 2.05) is 42.8 Å². The maximum atomic E-state index is 12.3. The Kier molecular flexibility index (Phi) is 5.47. The third-order valence-electron chi connectivity index (χ3n) is 4.37. The van der Waals surface area contributed by atoms with Crippen molar-refractivity contribution in [2.45, 2.75) is 32.9 Å². The lowest BCUT2D eigenvalue weighted by Gasteiger charge is -2.11. The molecule has 1 heterocycles. The van der Waals surface area contributed by atoms with Gasteiger partial charge in [-0.05, 0) is 68.1 Å². The number of rotatable bonds is 5. The molecule has 0 bridgehead atoms. The normalized spacial score (nSPS) is 10.8.